The Morgan fingerprint density at radius 3 is 2.42 bits per heavy atom. The van der Waals surface area contributed by atoms with Crippen molar-refractivity contribution < 1.29 is 4.39 Å². The summed E-state index contributed by atoms with van der Waals surface area (Å²) in [5.41, 5.74) is 5.39. The Labute approximate surface area is 114 Å². The van der Waals surface area contributed by atoms with Gasteiger partial charge in [-0.15, -0.1) is 0 Å². The highest BCUT2D eigenvalue weighted by molar-refractivity contribution is 5.81. The number of rotatable bonds is 1. The summed E-state index contributed by atoms with van der Waals surface area (Å²) in [6.45, 7) is 8.62. The van der Waals surface area contributed by atoms with Crippen LogP contribution < -0.4 is 0 Å². The Bertz CT molecular complexity index is 651. The monoisotopic (exact) mass is 254 g/mol. The molecule has 0 N–H and O–H groups in total. The number of hydrogen-bond donors (Lipinski definition) is 0. The molecule has 0 nitrogen and oxygen atoms in total. The normalized spacial score (nSPS) is 15.5. The van der Waals surface area contributed by atoms with Gasteiger partial charge >= 0.3 is 0 Å². The van der Waals surface area contributed by atoms with E-state index in [0.29, 0.717) is 5.92 Å². The minimum absolute atomic E-state index is 0.0928. The van der Waals surface area contributed by atoms with Gasteiger partial charge in [-0.1, -0.05) is 58.0 Å². The van der Waals surface area contributed by atoms with Crippen LogP contribution in [0.15, 0.2) is 36.4 Å². The molecule has 0 saturated carbocycles. The maximum Gasteiger partial charge on any atom is 0.127 e. The highest BCUT2D eigenvalue weighted by Gasteiger charge is 2.37. The Kier molecular flexibility index (Phi) is 2.57. The molecule has 0 aromatic heterocycles. The molecule has 0 aliphatic heterocycles. The van der Waals surface area contributed by atoms with Crippen LogP contribution in [0.2, 0.25) is 0 Å². The van der Waals surface area contributed by atoms with Gasteiger partial charge in [-0.25, -0.2) is 4.39 Å². The summed E-state index contributed by atoms with van der Waals surface area (Å²) in [4.78, 5) is 0. The molecule has 1 heteroatoms. The van der Waals surface area contributed by atoms with Gasteiger partial charge in [-0.2, -0.15) is 0 Å². The van der Waals surface area contributed by atoms with Crippen LogP contribution in [0.4, 0.5) is 4.39 Å². The predicted octanol–water partition coefficient (Wildman–Crippen LogP) is 5.26. The topological polar surface area (TPSA) is 0 Å². The highest BCUT2D eigenvalue weighted by Crippen LogP contribution is 2.50. The van der Waals surface area contributed by atoms with Gasteiger partial charge in [0.15, 0.2) is 0 Å². The summed E-state index contributed by atoms with van der Waals surface area (Å²) in [6.07, 6.45) is 0. The first kappa shape index (κ1) is 12.4. The van der Waals surface area contributed by atoms with E-state index in [4.69, 9.17) is 0 Å². The molecular weight excluding hydrogens is 235 g/mol. The van der Waals surface area contributed by atoms with Crippen molar-refractivity contribution in [3.05, 3.63) is 58.9 Å². The van der Waals surface area contributed by atoms with Crippen molar-refractivity contribution in [2.45, 2.75) is 39.0 Å². The van der Waals surface area contributed by atoms with Crippen molar-refractivity contribution in [1.82, 2.24) is 0 Å². The third kappa shape index (κ3) is 1.64. The predicted molar refractivity (Wildman–Crippen MR) is 78.1 cm³/mol. The molecule has 1 aliphatic rings. The van der Waals surface area contributed by atoms with Gasteiger partial charge in [-0.05, 0) is 34.2 Å². The Hall–Kier alpha value is -1.63. The molecule has 0 heterocycles. The van der Waals surface area contributed by atoms with E-state index in [0.717, 1.165) is 11.1 Å². The van der Waals surface area contributed by atoms with Gasteiger partial charge in [0.1, 0.15) is 5.82 Å². The largest absolute Gasteiger partial charge is 0.207 e. The molecule has 2 aromatic carbocycles. The first-order valence-electron chi connectivity index (χ1n) is 6.86. The molecule has 98 valence electrons. The molecule has 19 heavy (non-hydrogen) atoms. The van der Waals surface area contributed by atoms with E-state index < -0.39 is 0 Å². The summed E-state index contributed by atoms with van der Waals surface area (Å²) in [5.74, 6) is 0.402. The van der Waals surface area contributed by atoms with Gasteiger partial charge < -0.3 is 0 Å². The average molecular weight is 254 g/mol. The van der Waals surface area contributed by atoms with Crippen molar-refractivity contribution in [1.29, 1.82) is 0 Å². The summed E-state index contributed by atoms with van der Waals surface area (Å²) >= 11 is 0. The quantitative estimate of drug-likeness (QED) is 0.651. The Morgan fingerprint density at radius 1 is 1.00 bits per heavy atom. The van der Waals surface area contributed by atoms with Crippen LogP contribution in [-0.4, -0.2) is 0 Å². The maximum atomic E-state index is 14.2. The fourth-order valence-electron chi connectivity index (χ4n) is 3.19. The minimum atomic E-state index is -0.249. The van der Waals surface area contributed by atoms with Gasteiger partial charge in [0.05, 0.1) is 0 Å². The zero-order chi connectivity index (χ0) is 13.8. The van der Waals surface area contributed by atoms with E-state index in [1.807, 2.05) is 6.07 Å². The molecule has 0 bridgehead atoms. The fraction of sp³-hybridized carbons (Fsp3) is 0.333. The van der Waals surface area contributed by atoms with Crippen molar-refractivity contribution in [2.75, 3.05) is 0 Å². The van der Waals surface area contributed by atoms with Gasteiger partial charge in [0, 0.05) is 11.0 Å². The molecular formula is C18H19F. The number of benzene rings is 2. The SMILES string of the molecule is CC(C)c1ccc2c(c1)C(C)(C)c1c(F)cccc1-2. The molecule has 0 saturated heterocycles. The smallest absolute Gasteiger partial charge is 0.127 e. The summed E-state index contributed by atoms with van der Waals surface area (Å²) in [7, 11) is 0. The summed E-state index contributed by atoms with van der Waals surface area (Å²) in [6, 6.07) is 12.0. The average Bonchev–Trinajstić information content (AvgIpc) is 2.59. The lowest BCUT2D eigenvalue weighted by molar-refractivity contribution is 0.559. The molecule has 0 amide bonds. The second-order valence-electron chi connectivity index (χ2n) is 6.25. The van der Waals surface area contributed by atoms with Crippen molar-refractivity contribution in [2.24, 2.45) is 0 Å². The van der Waals surface area contributed by atoms with E-state index in [1.165, 1.54) is 16.7 Å². The highest BCUT2D eigenvalue weighted by atomic mass is 19.1. The lowest BCUT2D eigenvalue weighted by atomic mass is 9.81. The third-order valence-electron chi connectivity index (χ3n) is 4.31. The van der Waals surface area contributed by atoms with Crippen molar-refractivity contribution in [3.8, 4) is 11.1 Å². The van der Waals surface area contributed by atoms with E-state index in [2.05, 4.69) is 45.9 Å². The van der Waals surface area contributed by atoms with Crippen LogP contribution in [0.1, 0.15) is 50.3 Å². The van der Waals surface area contributed by atoms with Crippen LogP contribution >= 0.6 is 0 Å². The fourth-order valence-corrected chi connectivity index (χ4v) is 3.19. The van der Waals surface area contributed by atoms with Gasteiger partial charge in [0.25, 0.3) is 0 Å². The second-order valence-corrected chi connectivity index (χ2v) is 6.25. The van der Waals surface area contributed by atoms with Crippen molar-refractivity contribution >= 4 is 0 Å². The Morgan fingerprint density at radius 2 is 1.74 bits per heavy atom. The van der Waals surface area contributed by atoms with E-state index in [9.17, 15) is 4.39 Å². The van der Waals surface area contributed by atoms with Crippen LogP contribution in [0.5, 0.6) is 0 Å². The molecule has 0 atom stereocenters. The lowest BCUT2D eigenvalue weighted by Gasteiger charge is -2.22. The van der Waals surface area contributed by atoms with E-state index in [-0.39, 0.29) is 11.2 Å². The first-order chi connectivity index (χ1) is 8.93. The number of halogens is 1. The molecule has 0 spiro atoms. The first-order valence-corrected chi connectivity index (χ1v) is 6.86. The summed E-state index contributed by atoms with van der Waals surface area (Å²) in [5, 5.41) is 0. The van der Waals surface area contributed by atoms with Crippen LogP contribution in [-0.2, 0) is 5.41 Å². The molecule has 2 aromatic rings. The van der Waals surface area contributed by atoms with Crippen molar-refractivity contribution in [3.63, 3.8) is 0 Å². The van der Waals surface area contributed by atoms with Gasteiger partial charge in [-0.3, -0.25) is 0 Å². The zero-order valence-corrected chi connectivity index (χ0v) is 11.9. The molecule has 0 fully saturated rings. The standard InChI is InChI=1S/C18H19F/c1-11(2)12-8-9-13-14-6-5-7-16(19)17(14)18(3,4)15(13)10-12/h5-11H,1-4H3. The molecule has 1 aliphatic carbocycles. The van der Waals surface area contributed by atoms with Crippen LogP contribution in [0.25, 0.3) is 11.1 Å². The zero-order valence-electron chi connectivity index (χ0n) is 11.9. The van der Waals surface area contributed by atoms with E-state index >= 15 is 0 Å². The van der Waals surface area contributed by atoms with Crippen LogP contribution in [0, 0.1) is 5.82 Å². The molecule has 3 rings (SSSR count). The summed E-state index contributed by atoms with van der Waals surface area (Å²) < 4.78 is 14.2. The van der Waals surface area contributed by atoms with Crippen LogP contribution in [0.3, 0.4) is 0 Å². The lowest BCUT2D eigenvalue weighted by Crippen LogP contribution is -2.17. The number of fused-ring (bicyclic) bond motifs is 3. The minimum Gasteiger partial charge on any atom is -0.207 e. The maximum absolute atomic E-state index is 14.2. The van der Waals surface area contributed by atoms with E-state index in [1.54, 1.807) is 12.1 Å². The third-order valence-corrected chi connectivity index (χ3v) is 4.31. The van der Waals surface area contributed by atoms with Gasteiger partial charge in [0.2, 0.25) is 0 Å². The Balaban J connectivity index is 2.31. The number of hydrogen-bond acceptors (Lipinski definition) is 0. The molecule has 0 unspecified atom stereocenters. The second kappa shape index (κ2) is 3.93. The molecule has 0 radical (unpaired) electrons.